The van der Waals surface area contributed by atoms with E-state index in [0.717, 1.165) is 28.0 Å². The number of thioether (sulfide) groups is 1. The molecule has 122 valence electrons. The lowest BCUT2D eigenvalue weighted by Gasteiger charge is -2.07. The minimum atomic E-state index is -0.183. The highest BCUT2D eigenvalue weighted by atomic mass is 32.2. The first-order valence-electron chi connectivity index (χ1n) is 7.55. The lowest BCUT2D eigenvalue weighted by Crippen LogP contribution is -2.17. The number of thiocarbonyl (C=S) groups is 1. The number of amides is 1. The van der Waals surface area contributed by atoms with E-state index in [4.69, 9.17) is 12.2 Å². The van der Waals surface area contributed by atoms with Crippen molar-refractivity contribution < 1.29 is 4.79 Å². The largest absolute Gasteiger partial charge is 0.307 e. The molecule has 4 rings (SSSR count). The predicted molar refractivity (Wildman–Crippen MR) is 104 cm³/mol. The van der Waals surface area contributed by atoms with Gasteiger partial charge >= 0.3 is 0 Å². The minimum Gasteiger partial charge on any atom is -0.307 e. The van der Waals surface area contributed by atoms with E-state index >= 15 is 0 Å². The van der Waals surface area contributed by atoms with Crippen LogP contribution in [0.1, 0.15) is 11.4 Å². The summed E-state index contributed by atoms with van der Waals surface area (Å²) in [6.45, 7) is 1.94. The second-order valence-corrected chi connectivity index (χ2v) is 7.19. The summed E-state index contributed by atoms with van der Waals surface area (Å²) >= 11 is 6.26. The average molecular weight is 364 g/mol. The Morgan fingerprint density at radius 1 is 1.20 bits per heavy atom. The van der Waals surface area contributed by atoms with Crippen molar-refractivity contribution in [3.63, 3.8) is 0 Å². The fourth-order valence-electron chi connectivity index (χ4n) is 2.59. The maximum absolute atomic E-state index is 11.8. The van der Waals surface area contributed by atoms with E-state index in [0.29, 0.717) is 14.9 Å². The number of nitrogens with zero attached hydrogens (tertiary/aromatic N) is 3. The molecule has 1 amide bonds. The summed E-state index contributed by atoms with van der Waals surface area (Å²) in [5.74, 6) is -0.183. The maximum Gasteiger partial charge on any atom is 0.263 e. The van der Waals surface area contributed by atoms with Crippen LogP contribution in [0, 0.1) is 6.92 Å². The third-order valence-corrected chi connectivity index (χ3v) is 4.91. The van der Waals surface area contributed by atoms with Gasteiger partial charge in [0.1, 0.15) is 4.32 Å². The Balaban J connectivity index is 1.77. The number of rotatable bonds is 2. The van der Waals surface area contributed by atoms with Gasteiger partial charge in [-0.1, -0.05) is 30.0 Å². The molecule has 3 aromatic heterocycles. The van der Waals surface area contributed by atoms with Gasteiger partial charge in [-0.2, -0.15) is 0 Å². The molecule has 5 nitrogen and oxygen atoms in total. The van der Waals surface area contributed by atoms with Crippen LogP contribution < -0.4 is 5.32 Å². The molecule has 3 aromatic rings. The summed E-state index contributed by atoms with van der Waals surface area (Å²) in [5.41, 5.74) is 4.02. The topological polar surface area (TPSA) is 67.8 Å². The highest BCUT2D eigenvalue weighted by Crippen LogP contribution is 2.27. The Bertz CT molecular complexity index is 1060. The second kappa shape index (κ2) is 6.34. The van der Waals surface area contributed by atoms with Gasteiger partial charge in [0.2, 0.25) is 0 Å². The van der Waals surface area contributed by atoms with Crippen LogP contribution in [0.25, 0.3) is 28.4 Å². The van der Waals surface area contributed by atoms with Gasteiger partial charge in [-0.3, -0.25) is 4.79 Å². The Morgan fingerprint density at radius 3 is 2.88 bits per heavy atom. The fourth-order valence-corrected chi connectivity index (χ4v) is 3.62. The predicted octanol–water partition coefficient (Wildman–Crippen LogP) is 3.49. The first-order valence-corrected chi connectivity index (χ1v) is 8.77. The van der Waals surface area contributed by atoms with Crippen LogP contribution in [0.2, 0.25) is 0 Å². The molecule has 1 aliphatic rings. The normalized spacial score (nSPS) is 15.8. The number of carbonyl (C=O) groups excluding carboxylic acids is 1. The zero-order valence-electron chi connectivity index (χ0n) is 13.2. The lowest BCUT2D eigenvalue weighted by atomic mass is 10.1. The van der Waals surface area contributed by atoms with Crippen molar-refractivity contribution in [1.82, 2.24) is 20.3 Å². The molecular formula is C18H12N4OS2. The maximum atomic E-state index is 11.8. The zero-order valence-corrected chi connectivity index (χ0v) is 14.8. The number of nitrogens with one attached hydrogen (secondary N) is 1. The molecule has 0 atom stereocenters. The number of aromatic nitrogens is 3. The summed E-state index contributed by atoms with van der Waals surface area (Å²) in [5, 5.41) is 3.57. The molecule has 1 saturated heterocycles. The summed E-state index contributed by atoms with van der Waals surface area (Å²) in [4.78, 5) is 25.9. The minimum absolute atomic E-state index is 0.183. The van der Waals surface area contributed by atoms with Crippen LogP contribution in [0.3, 0.4) is 0 Å². The first-order chi connectivity index (χ1) is 12.1. The second-order valence-electron chi connectivity index (χ2n) is 5.47. The van der Waals surface area contributed by atoms with E-state index in [2.05, 4.69) is 20.3 Å². The van der Waals surface area contributed by atoms with E-state index in [1.807, 2.05) is 43.3 Å². The van der Waals surface area contributed by atoms with Crippen molar-refractivity contribution in [1.29, 1.82) is 0 Å². The van der Waals surface area contributed by atoms with Gasteiger partial charge in [0.15, 0.2) is 5.65 Å². The molecule has 0 spiro atoms. The van der Waals surface area contributed by atoms with Crippen LogP contribution in [-0.4, -0.2) is 25.2 Å². The standard InChI is InChI=1S/C18H12N4OS2/c1-10-13(8-11-4-3-7-19-16(11)20-10)14-6-2-5-12(21-14)9-15-17(23)22-18(24)25-15/h2-9H,1H3,(H,22,23,24). The van der Waals surface area contributed by atoms with Crippen LogP contribution >= 0.6 is 24.0 Å². The zero-order chi connectivity index (χ0) is 17.4. The van der Waals surface area contributed by atoms with Crippen molar-refractivity contribution in [3.05, 3.63) is 58.9 Å². The number of aryl methyl sites for hydroxylation is 1. The molecule has 1 aliphatic heterocycles. The molecule has 0 unspecified atom stereocenters. The van der Waals surface area contributed by atoms with Gasteiger partial charge in [0, 0.05) is 22.8 Å². The fraction of sp³-hybridized carbons (Fsp3) is 0.0556. The van der Waals surface area contributed by atoms with Crippen LogP contribution in [0.15, 0.2) is 47.5 Å². The Labute approximate surface area is 153 Å². The number of carbonyl (C=O) groups is 1. The summed E-state index contributed by atoms with van der Waals surface area (Å²) < 4.78 is 0.467. The van der Waals surface area contributed by atoms with Crippen molar-refractivity contribution in [2.24, 2.45) is 0 Å². The number of hydrogen-bond donors (Lipinski definition) is 1. The highest BCUT2D eigenvalue weighted by molar-refractivity contribution is 8.26. The van der Waals surface area contributed by atoms with Crippen molar-refractivity contribution in [2.45, 2.75) is 6.92 Å². The molecule has 0 aliphatic carbocycles. The monoisotopic (exact) mass is 364 g/mol. The van der Waals surface area contributed by atoms with E-state index in [9.17, 15) is 4.79 Å². The van der Waals surface area contributed by atoms with E-state index in [1.165, 1.54) is 11.8 Å². The van der Waals surface area contributed by atoms with Crippen molar-refractivity contribution in [2.75, 3.05) is 0 Å². The molecule has 1 fully saturated rings. The molecular weight excluding hydrogens is 352 g/mol. The van der Waals surface area contributed by atoms with Gasteiger partial charge in [0.05, 0.1) is 16.3 Å². The molecule has 0 saturated carbocycles. The van der Waals surface area contributed by atoms with Gasteiger partial charge in [-0.05, 0) is 43.3 Å². The van der Waals surface area contributed by atoms with Gasteiger partial charge in [0.25, 0.3) is 5.91 Å². The third-order valence-electron chi connectivity index (χ3n) is 3.75. The smallest absolute Gasteiger partial charge is 0.263 e. The van der Waals surface area contributed by atoms with Crippen molar-refractivity contribution >= 4 is 51.3 Å². The van der Waals surface area contributed by atoms with Gasteiger partial charge in [-0.15, -0.1) is 0 Å². The molecule has 4 heterocycles. The van der Waals surface area contributed by atoms with Crippen LogP contribution in [0.4, 0.5) is 0 Å². The summed E-state index contributed by atoms with van der Waals surface area (Å²) in [6, 6.07) is 11.6. The van der Waals surface area contributed by atoms with Gasteiger partial charge in [-0.25, -0.2) is 15.0 Å². The molecule has 0 bridgehead atoms. The Kier molecular flexibility index (Phi) is 4.03. The highest BCUT2D eigenvalue weighted by Gasteiger charge is 2.22. The van der Waals surface area contributed by atoms with Crippen molar-refractivity contribution in [3.8, 4) is 11.3 Å². The molecule has 25 heavy (non-hydrogen) atoms. The average Bonchev–Trinajstić information content (AvgIpc) is 2.91. The number of hydrogen-bond acceptors (Lipinski definition) is 6. The number of fused-ring (bicyclic) bond motifs is 1. The summed E-state index contributed by atoms with van der Waals surface area (Å²) in [7, 11) is 0. The van der Waals surface area contributed by atoms with E-state index in [-0.39, 0.29) is 5.91 Å². The molecule has 0 aromatic carbocycles. The lowest BCUT2D eigenvalue weighted by molar-refractivity contribution is -0.115. The van der Waals surface area contributed by atoms with Crippen LogP contribution in [-0.2, 0) is 4.79 Å². The van der Waals surface area contributed by atoms with Gasteiger partial charge < -0.3 is 5.32 Å². The van der Waals surface area contributed by atoms with E-state index < -0.39 is 0 Å². The third kappa shape index (κ3) is 3.16. The first kappa shape index (κ1) is 15.9. The molecule has 0 radical (unpaired) electrons. The summed E-state index contributed by atoms with van der Waals surface area (Å²) in [6.07, 6.45) is 3.47. The molecule has 7 heteroatoms. The Morgan fingerprint density at radius 2 is 2.08 bits per heavy atom. The van der Waals surface area contributed by atoms with Crippen LogP contribution in [0.5, 0.6) is 0 Å². The number of pyridine rings is 3. The quantitative estimate of drug-likeness (QED) is 0.555. The SMILES string of the molecule is Cc1nc2ncccc2cc1-c1cccc(C=C2SC(=S)NC2=O)n1. The van der Waals surface area contributed by atoms with E-state index in [1.54, 1.807) is 12.3 Å². The molecule has 1 N–H and O–H groups in total. The Hall–Kier alpha value is -2.64.